The second kappa shape index (κ2) is 6.95. The molecule has 2 unspecified atom stereocenters. The molecule has 0 aliphatic carbocycles. The van der Waals surface area contributed by atoms with Crippen LogP contribution in [-0.2, 0) is 4.74 Å². The Morgan fingerprint density at radius 1 is 1.21 bits per heavy atom. The second-order valence-electron chi connectivity index (χ2n) is 3.88. The average molecular weight is 319 g/mol. The molecule has 1 heterocycles. The van der Waals surface area contributed by atoms with E-state index in [1.54, 1.807) is 6.20 Å². The van der Waals surface area contributed by atoms with Gasteiger partial charge in [0.15, 0.2) is 0 Å². The minimum absolute atomic E-state index is 0.402. The van der Waals surface area contributed by atoms with Gasteiger partial charge >= 0.3 is 118 Å². The van der Waals surface area contributed by atoms with E-state index in [0.717, 1.165) is 10.0 Å². The van der Waals surface area contributed by atoms with Crippen LogP contribution >= 0.6 is 0 Å². The topological polar surface area (TPSA) is 59.4 Å². The van der Waals surface area contributed by atoms with E-state index in [1.807, 2.05) is 48.5 Å². The molecular formula is C14H14AsNO3. The molecule has 19 heavy (non-hydrogen) atoms. The van der Waals surface area contributed by atoms with Crippen LogP contribution in [0.1, 0.15) is 11.7 Å². The van der Waals surface area contributed by atoms with Gasteiger partial charge in [-0.05, 0) is 0 Å². The first-order valence-electron chi connectivity index (χ1n) is 5.85. The van der Waals surface area contributed by atoms with Crippen molar-refractivity contribution in [1.82, 2.24) is 4.98 Å². The van der Waals surface area contributed by atoms with Crippen LogP contribution in [0.4, 0.5) is 4.79 Å². The van der Waals surface area contributed by atoms with Crippen LogP contribution in [0.25, 0.3) is 0 Å². The Bertz CT molecular complexity index is 519. The van der Waals surface area contributed by atoms with Gasteiger partial charge in [0, 0.05) is 0 Å². The molecule has 98 valence electrons. The summed E-state index contributed by atoms with van der Waals surface area (Å²) in [6, 6.07) is 15.2. The average Bonchev–Trinajstić information content (AvgIpc) is 2.45. The zero-order valence-electron chi connectivity index (χ0n) is 10.2. The first-order chi connectivity index (χ1) is 9.25. The molecule has 5 heteroatoms. The van der Waals surface area contributed by atoms with Crippen LogP contribution in [0.3, 0.4) is 0 Å². The van der Waals surface area contributed by atoms with Crippen molar-refractivity contribution in [2.24, 2.45) is 0 Å². The zero-order chi connectivity index (χ0) is 13.5. The number of hydrogen-bond acceptors (Lipinski definition) is 3. The number of ether oxygens (including phenoxy) is 1. The maximum absolute atomic E-state index is 10.8. The van der Waals surface area contributed by atoms with Crippen molar-refractivity contribution in [1.29, 1.82) is 0 Å². The number of carbonyl (C=O) groups is 1. The van der Waals surface area contributed by atoms with Gasteiger partial charge in [-0.1, -0.05) is 0 Å². The van der Waals surface area contributed by atoms with Gasteiger partial charge in [-0.2, -0.15) is 0 Å². The quantitative estimate of drug-likeness (QED) is 0.676. The van der Waals surface area contributed by atoms with Crippen LogP contribution in [0, 0.1) is 0 Å². The SMILES string of the molecule is O=C(O)OC(C[AsH]c1ccccn1)c1ccccc1. The van der Waals surface area contributed by atoms with E-state index < -0.39 is 28.0 Å². The fourth-order valence-corrected chi connectivity index (χ4v) is 3.98. The molecule has 4 nitrogen and oxygen atoms in total. The Labute approximate surface area is 118 Å². The van der Waals surface area contributed by atoms with Crippen molar-refractivity contribution in [2.75, 3.05) is 0 Å². The zero-order valence-corrected chi connectivity index (χ0v) is 12.3. The molecule has 2 aromatic rings. The van der Waals surface area contributed by atoms with Crippen LogP contribution in [0.2, 0.25) is 5.21 Å². The number of hydrogen-bond donors (Lipinski definition) is 1. The van der Waals surface area contributed by atoms with E-state index in [9.17, 15) is 4.79 Å². The van der Waals surface area contributed by atoms with Gasteiger partial charge in [0.05, 0.1) is 0 Å². The Morgan fingerprint density at radius 3 is 2.58 bits per heavy atom. The fourth-order valence-electron chi connectivity index (χ4n) is 1.68. The number of benzene rings is 1. The van der Waals surface area contributed by atoms with Gasteiger partial charge in [-0.3, -0.25) is 0 Å². The molecule has 1 aromatic heterocycles. The molecule has 0 spiro atoms. The molecule has 0 amide bonds. The van der Waals surface area contributed by atoms with Gasteiger partial charge in [-0.25, -0.2) is 0 Å². The Kier molecular flexibility index (Phi) is 4.99. The molecule has 0 radical (unpaired) electrons. The van der Waals surface area contributed by atoms with Crippen LogP contribution in [0.5, 0.6) is 0 Å². The van der Waals surface area contributed by atoms with E-state index in [2.05, 4.69) is 4.98 Å². The Balaban J connectivity index is 2.04. The fraction of sp³-hybridized carbons (Fsp3) is 0.143. The third-order valence-electron chi connectivity index (χ3n) is 2.55. The summed E-state index contributed by atoms with van der Waals surface area (Å²) in [6.45, 7) is 0. The molecule has 2 rings (SSSR count). The number of nitrogens with zero attached hydrogens (tertiary/aromatic N) is 1. The van der Waals surface area contributed by atoms with Crippen molar-refractivity contribution < 1.29 is 14.6 Å². The van der Waals surface area contributed by atoms with Crippen LogP contribution < -0.4 is 4.48 Å². The van der Waals surface area contributed by atoms with E-state index in [1.165, 1.54) is 0 Å². The van der Waals surface area contributed by atoms with Gasteiger partial charge in [0.2, 0.25) is 0 Å². The molecule has 2 atom stereocenters. The number of pyridine rings is 1. The molecular weight excluding hydrogens is 305 g/mol. The van der Waals surface area contributed by atoms with Crippen molar-refractivity contribution in [2.45, 2.75) is 11.3 Å². The predicted molar refractivity (Wildman–Crippen MR) is 74.1 cm³/mol. The van der Waals surface area contributed by atoms with E-state index in [-0.39, 0.29) is 0 Å². The minimum atomic E-state index is -1.23. The van der Waals surface area contributed by atoms with Gasteiger partial charge in [-0.15, -0.1) is 0 Å². The van der Waals surface area contributed by atoms with Crippen LogP contribution in [0.15, 0.2) is 54.7 Å². The van der Waals surface area contributed by atoms with Gasteiger partial charge in [0.1, 0.15) is 0 Å². The maximum atomic E-state index is 10.8. The molecule has 0 saturated heterocycles. The number of rotatable bonds is 5. The summed E-state index contributed by atoms with van der Waals surface area (Å²) in [5.41, 5.74) is 0.893. The summed E-state index contributed by atoms with van der Waals surface area (Å²) in [6.07, 6.45) is 0.121. The molecule has 0 fully saturated rings. The summed E-state index contributed by atoms with van der Waals surface area (Å²) in [7, 11) is 0. The summed E-state index contributed by atoms with van der Waals surface area (Å²) < 4.78 is 6.03. The summed E-state index contributed by atoms with van der Waals surface area (Å²) in [4.78, 5) is 15.0. The normalized spacial score (nSPS) is 12.4. The Hall–Kier alpha value is -1.80. The van der Waals surface area contributed by atoms with Crippen molar-refractivity contribution in [3.05, 3.63) is 60.3 Å². The predicted octanol–water partition coefficient (Wildman–Crippen LogP) is 2.00. The monoisotopic (exact) mass is 319 g/mol. The Morgan fingerprint density at radius 2 is 1.95 bits per heavy atom. The molecule has 0 saturated carbocycles. The molecule has 1 aromatic carbocycles. The number of carboxylic acid groups (broad SMARTS) is 1. The van der Waals surface area contributed by atoms with Gasteiger partial charge < -0.3 is 0 Å². The van der Waals surface area contributed by atoms with Gasteiger partial charge in [0.25, 0.3) is 0 Å². The first-order valence-corrected chi connectivity index (χ1v) is 8.38. The molecule has 0 aliphatic heterocycles. The second-order valence-corrected chi connectivity index (χ2v) is 6.55. The molecule has 1 N–H and O–H groups in total. The molecule has 0 bridgehead atoms. The number of aromatic nitrogens is 1. The third-order valence-corrected chi connectivity index (χ3v) is 5.13. The summed E-state index contributed by atoms with van der Waals surface area (Å²) >= 11 is -0.513. The van der Waals surface area contributed by atoms with Crippen molar-refractivity contribution in [3.63, 3.8) is 0 Å². The van der Waals surface area contributed by atoms with Crippen molar-refractivity contribution in [3.8, 4) is 0 Å². The van der Waals surface area contributed by atoms with Crippen LogP contribution in [-0.4, -0.2) is 32.0 Å². The summed E-state index contributed by atoms with van der Waals surface area (Å²) in [5.74, 6) is 0. The van der Waals surface area contributed by atoms with E-state index in [0.29, 0.717) is 5.21 Å². The third kappa shape index (κ3) is 4.41. The summed E-state index contributed by atoms with van der Waals surface area (Å²) in [5, 5.41) is 9.52. The molecule has 0 aliphatic rings. The van der Waals surface area contributed by atoms with Crippen molar-refractivity contribution >= 4 is 26.4 Å². The van der Waals surface area contributed by atoms with E-state index >= 15 is 0 Å². The van der Waals surface area contributed by atoms with E-state index in [4.69, 9.17) is 9.84 Å². The standard InChI is InChI=1S/C14H14AsNO3/c17-14(18)19-12(11-6-2-1-3-7-11)10-15-13-8-4-5-9-16-13/h1-9,12,15H,10H2,(H,17,18). The first kappa shape index (κ1) is 13.6.